The average Bonchev–Trinajstić information content (AvgIpc) is 3.76. The number of rotatable bonds is 8. The van der Waals surface area contributed by atoms with Gasteiger partial charge in [0.05, 0.1) is 28.0 Å². The van der Waals surface area contributed by atoms with Gasteiger partial charge in [-0.05, 0) is 68.4 Å². The van der Waals surface area contributed by atoms with Crippen molar-refractivity contribution >= 4 is 39.1 Å². The fourth-order valence-corrected chi connectivity index (χ4v) is 6.92. The molecule has 0 bridgehead atoms. The Morgan fingerprint density at radius 1 is 1.14 bits per heavy atom. The van der Waals surface area contributed by atoms with Gasteiger partial charge in [-0.15, -0.1) is 11.8 Å². The van der Waals surface area contributed by atoms with Crippen molar-refractivity contribution in [2.24, 2.45) is 0 Å². The third-order valence-corrected chi connectivity index (χ3v) is 10.1. The predicted molar refractivity (Wildman–Crippen MR) is 135 cm³/mol. The number of nitrogens with one attached hydrogen (secondary N) is 1. The molecular formula is C26H29N3O4S2. The molecule has 0 radical (unpaired) electrons. The van der Waals surface area contributed by atoms with E-state index in [1.54, 1.807) is 18.3 Å². The Hall–Kier alpha value is -2.52. The van der Waals surface area contributed by atoms with Crippen LogP contribution in [0.1, 0.15) is 68.9 Å². The third kappa shape index (κ3) is 4.93. The highest BCUT2D eigenvalue weighted by atomic mass is 32.2. The number of hydrogen-bond acceptors (Lipinski definition) is 7. The maximum Gasteiger partial charge on any atom is 0.239 e. The Bertz CT molecular complexity index is 1310. The fraction of sp³-hybridized carbons (Fsp3) is 0.462. The molecule has 3 saturated carbocycles. The van der Waals surface area contributed by atoms with E-state index in [2.05, 4.69) is 15.3 Å². The van der Waals surface area contributed by atoms with Crippen molar-refractivity contribution in [1.82, 2.24) is 9.97 Å². The first kappa shape index (κ1) is 24.2. The standard InChI is InChI=1S/C26H29N3O4S2/c1-26(13-16-3-7-19(30)11-16,25(31)29-23-14-28-24(34-2)15-27-23)18-6-10-22(21(12-18)17-4-5-17)35(32,33)20-8-9-20/h6,10,12-15,17,20H,3-5,7-9,11H2,1-2H3,(H,27,29,31)/b16-13+. The lowest BCUT2D eigenvalue weighted by atomic mass is 9.78. The lowest BCUT2D eigenvalue weighted by Gasteiger charge is -2.27. The van der Waals surface area contributed by atoms with Crippen molar-refractivity contribution in [2.75, 3.05) is 11.6 Å². The first-order valence-electron chi connectivity index (χ1n) is 12.0. The van der Waals surface area contributed by atoms with Crippen molar-refractivity contribution in [2.45, 2.75) is 78.4 Å². The van der Waals surface area contributed by atoms with Crippen LogP contribution in [0.3, 0.4) is 0 Å². The van der Waals surface area contributed by atoms with Crippen LogP contribution in [0.15, 0.2) is 52.2 Å². The number of sulfone groups is 1. The quantitative estimate of drug-likeness (QED) is 0.408. The van der Waals surface area contributed by atoms with Gasteiger partial charge in [0.25, 0.3) is 0 Å². The molecule has 1 N–H and O–H groups in total. The summed E-state index contributed by atoms with van der Waals surface area (Å²) in [5.41, 5.74) is 1.36. The van der Waals surface area contributed by atoms with Gasteiger partial charge in [-0.3, -0.25) is 9.59 Å². The predicted octanol–water partition coefficient (Wildman–Crippen LogP) is 4.59. The summed E-state index contributed by atoms with van der Waals surface area (Å²) < 4.78 is 26.2. The summed E-state index contributed by atoms with van der Waals surface area (Å²) in [7, 11) is -3.35. The number of carbonyl (C=O) groups is 2. The molecule has 2 aromatic rings. The third-order valence-electron chi connectivity index (χ3n) is 7.09. The molecule has 1 heterocycles. The molecule has 5 rings (SSSR count). The number of Topliss-reactive ketones (excluding diaryl/α,β-unsaturated/α-hetero) is 1. The van der Waals surface area contributed by atoms with E-state index < -0.39 is 15.3 Å². The second-order valence-electron chi connectivity index (χ2n) is 9.89. The summed E-state index contributed by atoms with van der Waals surface area (Å²) >= 11 is 1.46. The van der Waals surface area contributed by atoms with Crippen molar-refractivity contribution in [3.8, 4) is 0 Å². The fourth-order valence-electron chi connectivity index (χ4n) is 4.68. The van der Waals surface area contributed by atoms with E-state index >= 15 is 0 Å². The zero-order chi connectivity index (χ0) is 24.8. The molecule has 1 amide bonds. The zero-order valence-corrected chi connectivity index (χ0v) is 21.5. The van der Waals surface area contributed by atoms with Crippen LogP contribution in [0.25, 0.3) is 0 Å². The lowest BCUT2D eigenvalue weighted by Crippen LogP contribution is -2.37. The Morgan fingerprint density at radius 2 is 1.91 bits per heavy atom. The number of allylic oxidation sites excluding steroid dienone is 1. The Morgan fingerprint density at radius 3 is 2.49 bits per heavy atom. The molecule has 3 fully saturated rings. The largest absolute Gasteiger partial charge is 0.308 e. The maximum atomic E-state index is 13.7. The molecule has 0 spiro atoms. The van der Waals surface area contributed by atoms with Gasteiger partial charge >= 0.3 is 0 Å². The highest BCUT2D eigenvalue weighted by Gasteiger charge is 2.42. The number of amides is 1. The van der Waals surface area contributed by atoms with Gasteiger partial charge in [-0.1, -0.05) is 23.8 Å². The van der Waals surface area contributed by atoms with E-state index in [4.69, 9.17) is 0 Å². The van der Waals surface area contributed by atoms with Crippen LogP contribution in [-0.2, 0) is 24.8 Å². The molecule has 9 heteroatoms. The number of hydrogen-bond donors (Lipinski definition) is 1. The Labute approximate surface area is 210 Å². The van der Waals surface area contributed by atoms with Gasteiger partial charge in [-0.2, -0.15) is 0 Å². The van der Waals surface area contributed by atoms with Crippen LogP contribution >= 0.6 is 11.8 Å². The summed E-state index contributed by atoms with van der Waals surface area (Å²) in [6, 6.07) is 5.35. The zero-order valence-electron chi connectivity index (χ0n) is 19.9. The highest BCUT2D eigenvalue weighted by Crippen LogP contribution is 2.47. The highest BCUT2D eigenvalue weighted by molar-refractivity contribution is 7.98. The van der Waals surface area contributed by atoms with Crippen molar-refractivity contribution in [1.29, 1.82) is 0 Å². The van der Waals surface area contributed by atoms with E-state index in [9.17, 15) is 18.0 Å². The van der Waals surface area contributed by atoms with Crippen LogP contribution in [-0.4, -0.2) is 41.6 Å². The van der Waals surface area contributed by atoms with E-state index in [0.29, 0.717) is 48.4 Å². The summed E-state index contributed by atoms with van der Waals surface area (Å²) in [5.74, 6) is 0.420. The number of benzene rings is 1. The topological polar surface area (TPSA) is 106 Å². The summed E-state index contributed by atoms with van der Waals surface area (Å²) in [4.78, 5) is 34.7. The van der Waals surface area contributed by atoms with Gasteiger partial charge in [0, 0.05) is 12.8 Å². The van der Waals surface area contributed by atoms with Gasteiger partial charge in [0.2, 0.25) is 5.91 Å². The Balaban J connectivity index is 1.55. The van der Waals surface area contributed by atoms with E-state index in [-0.39, 0.29) is 22.9 Å². The maximum absolute atomic E-state index is 13.7. The lowest BCUT2D eigenvalue weighted by molar-refractivity contribution is -0.120. The minimum absolute atomic E-state index is 0.169. The Kier molecular flexibility index (Phi) is 6.34. The van der Waals surface area contributed by atoms with E-state index in [0.717, 1.165) is 29.0 Å². The van der Waals surface area contributed by atoms with Crippen LogP contribution in [0.4, 0.5) is 5.82 Å². The SMILES string of the molecule is CSc1cnc(NC(=O)C(C)(/C=C2\CCC(=O)C2)c2ccc(S(=O)(=O)C3CC3)c(C3CC3)c2)cn1. The molecule has 1 aromatic carbocycles. The molecule has 1 unspecified atom stereocenters. The van der Waals surface area contributed by atoms with Crippen LogP contribution in [0.2, 0.25) is 0 Å². The molecule has 0 saturated heterocycles. The number of nitrogens with zero attached hydrogens (tertiary/aromatic N) is 2. The minimum Gasteiger partial charge on any atom is -0.308 e. The van der Waals surface area contributed by atoms with Gasteiger partial charge in [-0.25, -0.2) is 18.4 Å². The molecule has 0 aliphatic heterocycles. The molecule has 1 atom stereocenters. The minimum atomic E-state index is -3.35. The summed E-state index contributed by atoms with van der Waals surface area (Å²) in [6.07, 6.45) is 11.7. The molecular weight excluding hydrogens is 482 g/mol. The molecule has 35 heavy (non-hydrogen) atoms. The van der Waals surface area contributed by atoms with Gasteiger partial charge in [0.15, 0.2) is 15.7 Å². The molecule has 3 aliphatic rings. The molecule has 1 aromatic heterocycles. The number of aromatic nitrogens is 2. The molecule has 3 aliphatic carbocycles. The van der Waals surface area contributed by atoms with E-state index in [1.165, 1.54) is 18.0 Å². The first-order valence-corrected chi connectivity index (χ1v) is 14.8. The van der Waals surface area contributed by atoms with E-state index in [1.807, 2.05) is 25.3 Å². The monoisotopic (exact) mass is 511 g/mol. The summed E-state index contributed by atoms with van der Waals surface area (Å²) in [6.45, 7) is 1.82. The second-order valence-corrected chi connectivity index (χ2v) is 12.9. The van der Waals surface area contributed by atoms with Crippen molar-refractivity contribution in [3.05, 3.63) is 53.4 Å². The van der Waals surface area contributed by atoms with Gasteiger partial charge < -0.3 is 5.32 Å². The summed E-state index contributed by atoms with van der Waals surface area (Å²) in [5, 5.41) is 3.35. The number of anilines is 1. The second kappa shape index (κ2) is 9.17. The molecule has 7 nitrogen and oxygen atoms in total. The van der Waals surface area contributed by atoms with Gasteiger partial charge in [0.1, 0.15) is 10.8 Å². The molecule has 184 valence electrons. The van der Waals surface area contributed by atoms with Crippen LogP contribution in [0.5, 0.6) is 0 Å². The van der Waals surface area contributed by atoms with Crippen molar-refractivity contribution in [3.63, 3.8) is 0 Å². The number of carbonyl (C=O) groups excluding carboxylic acids is 2. The number of ketones is 1. The normalized spacial score (nSPS) is 21.2. The first-order chi connectivity index (χ1) is 16.7. The number of thioether (sulfide) groups is 1. The van der Waals surface area contributed by atoms with Crippen LogP contribution < -0.4 is 5.32 Å². The van der Waals surface area contributed by atoms with Crippen molar-refractivity contribution < 1.29 is 18.0 Å². The van der Waals surface area contributed by atoms with Crippen LogP contribution in [0, 0.1) is 0 Å². The average molecular weight is 512 g/mol. The smallest absolute Gasteiger partial charge is 0.239 e.